The van der Waals surface area contributed by atoms with Crippen LogP contribution in [0.25, 0.3) is 11.1 Å². The molecule has 0 N–H and O–H groups in total. The SMILES string of the molecule is COC(=O)c1scc(C)c1-c1ccc(C(F)(F)F)cc1. The molecule has 1 aromatic heterocycles. The van der Waals surface area contributed by atoms with E-state index >= 15 is 0 Å². The zero-order chi connectivity index (χ0) is 14.9. The molecule has 2 nitrogen and oxygen atoms in total. The average molecular weight is 300 g/mol. The maximum atomic E-state index is 12.5. The third kappa shape index (κ3) is 2.70. The van der Waals surface area contributed by atoms with Gasteiger partial charge in [0.15, 0.2) is 0 Å². The summed E-state index contributed by atoms with van der Waals surface area (Å²) in [5.41, 5.74) is 1.30. The van der Waals surface area contributed by atoms with E-state index in [1.165, 1.54) is 30.6 Å². The lowest BCUT2D eigenvalue weighted by molar-refractivity contribution is -0.137. The van der Waals surface area contributed by atoms with Gasteiger partial charge in [-0.05, 0) is 35.6 Å². The second-order valence-electron chi connectivity index (χ2n) is 4.19. The van der Waals surface area contributed by atoms with E-state index in [1.807, 2.05) is 0 Å². The molecule has 0 fully saturated rings. The summed E-state index contributed by atoms with van der Waals surface area (Å²) in [7, 11) is 1.27. The Hall–Kier alpha value is -1.82. The first-order valence-electron chi connectivity index (χ1n) is 5.68. The number of carbonyl (C=O) groups is 1. The monoisotopic (exact) mass is 300 g/mol. The van der Waals surface area contributed by atoms with E-state index in [0.29, 0.717) is 16.0 Å². The number of hydrogen-bond donors (Lipinski definition) is 0. The third-order valence-electron chi connectivity index (χ3n) is 2.85. The maximum Gasteiger partial charge on any atom is 0.416 e. The van der Waals surface area contributed by atoms with Crippen LogP contribution in [-0.2, 0) is 10.9 Å². The molecule has 6 heteroatoms. The number of carbonyl (C=O) groups excluding carboxylic acids is 1. The van der Waals surface area contributed by atoms with Crippen molar-refractivity contribution in [3.8, 4) is 11.1 Å². The number of benzene rings is 1. The zero-order valence-corrected chi connectivity index (χ0v) is 11.6. The molecule has 0 unspecified atom stereocenters. The van der Waals surface area contributed by atoms with Gasteiger partial charge in [0.05, 0.1) is 12.7 Å². The zero-order valence-electron chi connectivity index (χ0n) is 10.7. The summed E-state index contributed by atoms with van der Waals surface area (Å²) in [6, 6.07) is 4.75. The van der Waals surface area contributed by atoms with Crippen LogP contribution in [0.1, 0.15) is 20.8 Å². The van der Waals surface area contributed by atoms with Gasteiger partial charge in [-0.3, -0.25) is 0 Å². The number of ether oxygens (including phenoxy) is 1. The molecule has 1 aromatic carbocycles. The minimum Gasteiger partial charge on any atom is -0.465 e. The van der Waals surface area contributed by atoms with Crippen LogP contribution in [0.15, 0.2) is 29.6 Å². The average Bonchev–Trinajstić information content (AvgIpc) is 2.79. The molecule has 0 amide bonds. The smallest absolute Gasteiger partial charge is 0.416 e. The van der Waals surface area contributed by atoms with Crippen molar-refractivity contribution in [2.75, 3.05) is 7.11 Å². The fraction of sp³-hybridized carbons (Fsp3) is 0.214. The molecule has 0 radical (unpaired) electrons. The van der Waals surface area contributed by atoms with Crippen LogP contribution < -0.4 is 0 Å². The number of alkyl halides is 3. The minimum atomic E-state index is -4.37. The van der Waals surface area contributed by atoms with Crippen molar-refractivity contribution >= 4 is 17.3 Å². The number of hydrogen-bond acceptors (Lipinski definition) is 3. The summed E-state index contributed by atoms with van der Waals surface area (Å²) in [6.45, 7) is 1.80. The van der Waals surface area contributed by atoms with Crippen LogP contribution in [0, 0.1) is 6.92 Å². The van der Waals surface area contributed by atoms with Gasteiger partial charge in [0, 0.05) is 5.56 Å². The highest BCUT2D eigenvalue weighted by Gasteiger charge is 2.30. The molecular weight excluding hydrogens is 289 g/mol. The Morgan fingerprint density at radius 1 is 1.20 bits per heavy atom. The topological polar surface area (TPSA) is 26.3 Å². The van der Waals surface area contributed by atoms with Crippen LogP contribution in [0.5, 0.6) is 0 Å². The Morgan fingerprint density at radius 2 is 1.80 bits per heavy atom. The van der Waals surface area contributed by atoms with Gasteiger partial charge in [0.25, 0.3) is 0 Å². The quantitative estimate of drug-likeness (QED) is 0.762. The largest absolute Gasteiger partial charge is 0.465 e. The fourth-order valence-electron chi connectivity index (χ4n) is 1.87. The molecule has 2 rings (SSSR count). The van der Waals surface area contributed by atoms with Gasteiger partial charge in [-0.25, -0.2) is 4.79 Å². The van der Waals surface area contributed by atoms with Gasteiger partial charge in [-0.2, -0.15) is 13.2 Å². The molecule has 0 saturated heterocycles. The van der Waals surface area contributed by atoms with E-state index in [-0.39, 0.29) is 0 Å². The van der Waals surface area contributed by atoms with Crippen molar-refractivity contribution in [2.45, 2.75) is 13.1 Å². The number of methoxy groups -OCH3 is 1. The molecule has 106 valence electrons. The molecule has 0 atom stereocenters. The summed E-state index contributed by atoms with van der Waals surface area (Å²) in [5, 5.41) is 1.78. The molecule has 2 aromatic rings. The second kappa shape index (κ2) is 5.28. The fourth-order valence-corrected chi connectivity index (χ4v) is 2.86. The van der Waals surface area contributed by atoms with Crippen LogP contribution in [0.3, 0.4) is 0 Å². The van der Waals surface area contributed by atoms with Crippen molar-refractivity contribution in [1.29, 1.82) is 0 Å². The van der Waals surface area contributed by atoms with E-state index in [2.05, 4.69) is 4.74 Å². The number of thiophene rings is 1. The second-order valence-corrected chi connectivity index (χ2v) is 5.07. The van der Waals surface area contributed by atoms with Gasteiger partial charge >= 0.3 is 12.1 Å². The van der Waals surface area contributed by atoms with Crippen LogP contribution in [0.2, 0.25) is 0 Å². The minimum absolute atomic E-state index is 0.393. The van der Waals surface area contributed by atoms with Crippen molar-refractivity contribution in [3.63, 3.8) is 0 Å². The van der Waals surface area contributed by atoms with Crippen LogP contribution in [0.4, 0.5) is 13.2 Å². The Morgan fingerprint density at radius 3 is 2.30 bits per heavy atom. The van der Waals surface area contributed by atoms with Gasteiger partial charge in [0.2, 0.25) is 0 Å². The molecule has 20 heavy (non-hydrogen) atoms. The number of aryl methyl sites for hydroxylation is 1. The predicted molar refractivity (Wildman–Crippen MR) is 70.8 cm³/mol. The first-order chi connectivity index (χ1) is 9.34. The Kier molecular flexibility index (Phi) is 3.85. The van der Waals surface area contributed by atoms with Gasteiger partial charge in [0.1, 0.15) is 4.88 Å². The standard InChI is InChI=1S/C14H11F3O2S/c1-8-7-20-12(13(18)19-2)11(8)9-3-5-10(6-4-9)14(15,16)17/h3-7H,1-2H3. The highest BCUT2D eigenvalue weighted by atomic mass is 32.1. The molecule has 0 aliphatic rings. The van der Waals surface area contributed by atoms with Crippen LogP contribution in [-0.4, -0.2) is 13.1 Å². The molecular formula is C14H11F3O2S. The van der Waals surface area contributed by atoms with E-state index in [9.17, 15) is 18.0 Å². The Labute approximate surface area is 117 Å². The normalized spacial score (nSPS) is 11.4. The number of rotatable bonds is 2. The van der Waals surface area contributed by atoms with Gasteiger partial charge < -0.3 is 4.74 Å². The first-order valence-corrected chi connectivity index (χ1v) is 6.56. The van der Waals surface area contributed by atoms with E-state index in [4.69, 9.17) is 0 Å². The lowest BCUT2D eigenvalue weighted by Gasteiger charge is -2.09. The molecule has 0 saturated carbocycles. The lowest BCUT2D eigenvalue weighted by Crippen LogP contribution is -2.04. The first kappa shape index (κ1) is 14.6. The van der Waals surface area contributed by atoms with Gasteiger partial charge in [-0.1, -0.05) is 12.1 Å². The van der Waals surface area contributed by atoms with E-state index < -0.39 is 17.7 Å². The van der Waals surface area contributed by atoms with Gasteiger partial charge in [-0.15, -0.1) is 11.3 Å². The van der Waals surface area contributed by atoms with E-state index in [1.54, 1.807) is 12.3 Å². The van der Waals surface area contributed by atoms with Crippen molar-refractivity contribution in [3.05, 3.63) is 45.6 Å². The van der Waals surface area contributed by atoms with Crippen molar-refractivity contribution in [1.82, 2.24) is 0 Å². The summed E-state index contributed by atoms with van der Waals surface area (Å²) >= 11 is 1.22. The third-order valence-corrected chi connectivity index (χ3v) is 3.92. The Balaban J connectivity index is 2.47. The van der Waals surface area contributed by atoms with E-state index in [0.717, 1.165) is 17.7 Å². The van der Waals surface area contributed by atoms with Crippen LogP contribution >= 0.6 is 11.3 Å². The summed E-state index contributed by atoms with van der Waals surface area (Å²) in [6.07, 6.45) is -4.37. The predicted octanol–water partition coefficient (Wildman–Crippen LogP) is 4.53. The maximum absolute atomic E-state index is 12.5. The summed E-state index contributed by atoms with van der Waals surface area (Å²) in [4.78, 5) is 12.0. The molecule has 0 bridgehead atoms. The molecule has 0 spiro atoms. The highest BCUT2D eigenvalue weighted by molar-refractivity contribution is 7.12. The van der Waals surface area contributed by atoms with Crippen molar-refractivity contribution in [2.24, 2.45) is 0 Å². The number of halogens is 3. The Bertz CT molecular complexity index is 627. The summed E-state index contributed by atoms with van der Waals surface area (Å²) < 4.78 is 42.3. The molecule has 0 aliphatic carbocycles. The summed E-state index contributed by atoms with van der Waals surface area (Å²) in [5.74, 6) is -0.488. The van der Waals surface area contributed by atoms with Crippen molar-refractivity contribution < 1.29 is 22.7 Å². The molecule has 1 heterocycles. The molecule has 0 aliphatic heterocycles. The number of esters is 1. The lowest BCUT2D eigenvalue weighted by atomic mass is 10.0. The highest BCUT2D eigenvalue weighted by Crippen LogP contribution is 2.35.